The van der Waals surface area contributed by atoms with Crippen LogP contribution in [0.1, 0.15) is 25.3 Å². The molecule has 1 aromatic rings. The van der Waals surface area contributed by atoms with Crippen molar-refractivity contribution in [3.8, 4) is 0 Å². The molecule has 6 heteroatoms. The molecule has 6 rings (SSSR count). The van der Waals surface area contributed by atoms with Crippen LogP contribution in [0.5, 0.6) is 0 Å². The van der Waals surface area contributed by atoms with Crippen molar-refractivity contribution in [1.29, 1.82) is 0 Å². The minimum absolute atomic E-state index is 0.263. The lowest BCUT2D eigenvalue weighted by molar-refractivity contribution is -0.184. The average Bonchev–Trinajstić information content (AvgIpc) is 3.11. The van der Waals surface area contributed by atoms with E-state index in [-0.39, 0.29) is 18.5 Å². The van der Waals surface area contributed by atoms with E-state index in [1.807, 2.05) is 37.3 Å². The summed E-state index contributed by atoms with van der Waals surface area (Å²) in [4.78, 5) is 15.7. The van der Waals surface area contributed by atoms with Crippen molar-refractivity contribution in [2.75, 3.05) is 32.1 Å². The summed E-state index contributed by atoms with van der Waals surface area (Å²) in [5, 5.41) is 25.9. The van der Waals surface area contributed by atoms with Crippen LogP contribution in [0.25, 0.3) is 0 Å². The molecule has 144 valence electrons. The summed E-state index contributed by atoms with van der Waals surface area (Å²) in [6.45, 7) is 3.10. The van der Waals surface area contributed by atoms with E-state index in [1.54, 1.807) is 0 Å². The predicted molar refractivity (Wildman–Crippen MR) is 100 cm³/mol. The van der Waals surface area contributed by atoms with Crippen LogP contribution in [0.15, 0.2) is 35.9 Å². The second-order valence-electron chi connectivity index (χ2n) is 8.30. The van der Waals surface area contributed by atoms with Crippen LogP contribution in [0.3, 0.4) is 0 Å². The molecule has 4 aliphatic heterocycles. The van der Waals surface area contributed by atoms with Crippen molar-refractivity contribution >= 4 is 11.7 Å². The largest absolute Gasteiger partial charge is 0.468 e. The van der Waals surface area contributed by atoms with Gasteiger partial charge in [0.05, 0.1) is 25.2 Å². The van der Waals surface area contributed by atoms with Crippen molar-refractivity contribution in [2.45, 2.75) is 36.9 Å². The third-order valence-corrected chi connectivity index (χ3v) is 7.91. The number of rotatable bonds is 2. The molecular weight excluding hydrogens is 344 g/mol. The molecule has 0 radical (unpaired) electrons. The number of benzene rings is 1. The Hall–Kier alpha value is -1.89. The number of methoxy groups -OCH3 is 1. The molecule has 3 N–H and O–H groups in total. The lowest BCUT2D eigenvalue weighted by atomic mass is 9.45. The SMILES string of the molecule is C/C=C1\CN2CC[C@@]34c5ccccc5N[C@@]23[C@@H](O)C[C@@H]1C4(CO)C(=O)OC. The Morgan fingerprint density at radius 3 is 2.93 bits per heavy atom. The lowest BCUT2D eigenvalue weighted by Gasteiger charge is -2.59. The standard InChI is InChI=1S/C21H26N2O4/c1-3-13-11-23-9-8-20-14-6-4-5-7-16(14)22-21(20,23)17(25)10-15(13)19(20,12-24)18(26)27-2/h3-7,15,17,22,24-25H,8-12H2,1-2H3/b13-3+/t15-,17-,19?,20-,21-/m0/s1. The van der Waals surface area contributed by atoms with Gasteiger partial charge < -0.3 is 20.3 Å². The first-order valence-electron chi connectivity index (χ1n) is 9.68. The Bertz CT molecular complexity index is 854. The molecule has 6 atom stereocenters. The van der Waals surface area contributed by atoms with Crippen LogP contribution in [-0.4, -0.2) is 59.7 Å². The van der Waals surface area contributed by atoms with Gasteiger partial charge in [-0.15, -0.1) is 0 Å². The molecule has 4 bridgehead atoms. The molecule has 1 saturated carbocycles. The number of ether oxygens (including phenoxy) is 1. The van der Waals surface area contributed by atoms with Gasteiger partial charge in [-0.25, -0.2) is 0 Å². The van der Waals surface area contributed by atoms with Crippen LogP contribution in [-0.2, 0) is 14.9 Å². The Kier molecular flexibility index (Phi) is 3.41. The third-order valence-electron chi connectivity index (χ3n) is 7.91. The number of carbonyl (C=O) groups excluding carboxylic acids is 1. The first kappa shape index (κ1) is 17.2. The molecule has 1 aliphatic carbocycles. The Labute approximate surface area is 158 Å². The summed E-state index contributed by atoms with van der Waals surface area (Å²) in [5.74, 6) is -0.644. The van der Waals surface area contributed by atoms with Gasteiger partial charge >= 0.3 is 5.97 Å². The number of hydrogen-bond donors (Lipinski definition) is 3. The van der Waals surface area contributed by atoms with Gasteiger partial charge in [0.1, 0.15) is 11.1 Å². The van der Waals surface area contributed by atoms with Gasteiger partial charge in [0.2, 0.25) is 0 Å². The molecule has 27 heavy (non-hydrogen) atoms. The van der Waals surface area contributed by atoms with E-state index < -0.39 is 22.6 Å². The molecule has 1 spiro atoms. The van der Waals surface area contributed by atoms with E-state index in [4.69, 9.17) is 4.74 Å². The maximum Gasteiger partial charge on any atom is 0.315 e. The molecule has 0 amide bonds. The summed E-state index contributed by atoms with van der Waals surface area (Å²) >= 11 is 0. The van der Waals surface area contributed by atoms with Crippen LogP contribution in [0.4, 0.5) is 5.69 Å². The Balaban J connectivity index is 1.93. The molecule has 4 fully saturated rings. The lowest BCUT2D eigenvalue weighted by Crippen LogP contribution is -2.75. The number of aliphatic hydroxyl groups is 2. The number of aliphatic hydroxyl groups excluding tert-OH is 2. The highest BCUT2D eigenvalue weighted by molar-refractivity contribution is 5.85. The van der Waals surface area contributed by atoms with Gasteiger partial charge in [-0.05, 0) is 31.4 Å². The number of nitrogens with zero attached hydrogens (tertiary/aromatic N) is 1. The zero-order chi connectivity index (χ0) is 19.0. The smallest absolute Gasteiger partial charge is 0.315 e. The normalized spacial score (nSPS) is 45.2. The van der Waals surface area contributed by atoms with Crippen LogP contribution < -0.4 is 5.32 Å². The van der Waals surface area contributed by atoms with E-state index in [0.29, 0.717) is 19.4 Å². The minimum Gasteiger partial charge on any atom is -0.468 e. The summed E-state index contributed by atoms with van der Waals surface area (Å²) in [5.41, 5.74) is 0.354. The van der Waals surface area contributed by atoms with E-state index in [9.17, 15) is 15.0 Å². The van der Waals surface area contributed by atoms with Crippen LogP contribution in [0.2, 0.25) is 0 Å². The van der Waals surface area contributed by atoms with Gasteiger partial charge in [-0.2, -0.15) is 0 Å². The number of anilines is 1. The van der Waals surface area contributed by atoms with Gasteiger partial charge in [0, 0.05) is 24.7 Å². The topological polar surface area (TPSA) is 82.0 Å². The summed E-state index contributed by atoms with van der Waals surface area (Å²) in [6.07, 6.45) is 2.51. The predicted octanol–water partition coefficient (Wildman–Crippen LogP) is 1.24. The fourth-order valence-electron chi connectivity index (χ4n) is 7.01. The molecule has 5 aliphatic rings. The maximum absolute atomic E-state index is 13.4. The number of esters is 1. The fraction of sp³-hybridized carbons (Fsp3) is 0.571. The molecule has 3 saturated heterocycles. The van der Waals surface area contributed by atoms with Crippen molar-refractivity contribution < 1.29 is 19.7 Å². The second-order valence-corrected chi connectivity index (χ2v) is 8.30. The summed E-state index contributed by atoms with van der Waals surface area (Å²) in [6, 6.07) is 7.97. The number of nitrogens with one attached hydrogen (secondary N) is 1. The number of para-hydroxylation sites is 1. The number of allylic oxidation sites excluding steroid dienone is 1. The molecule has 6 nitrogen and oxygen atoms in total. The Morgan fingerprint density at radius 2 is 2.22 bits per heavy atom. The summed E-state index contributed by atoms with van der Waals surface area (Å²) < 4.78 is 5.33. The van der Waals surface area contributed by atoms with Crippen LogP contribution >= 0.6 is 0 Å². The first-order valence-corrected chi connectivity index (χ1v) is 9.68. The van der Waals surface area contributed by atoms with Crippen molar-refractivity contribution in [3.63, 3.8) is 0 Å². The van der Waals surface area contributed by atoms with E-state index in [1.165, 1.54) is 7.11 Å². The fourth-order valence-corrected chi connectivity index (χ4v) is 7.01. The van der Waals surface area contributed by atoms with Gasteiger partial charge in [0.25, 0.3) is 0 Å². The zero-order valence-electron chi connectivity index (χ0n) is 15.7. The van der Waals surface area contributed by atoms with E-state index in [0.717, 1.165) is 23.4 Å². The summed E-state index contributed by atoms with van der Waals surface area (Å²) in [7, 11) is 1.40. The van der Waals surface area contributed by atoms with Gasteiger partial charge in [0.15, 0.2) is 0 Å². The highest BCUT2D eigenvalue weighted by atomic mass is 16.5. The van der Waals surface area contributed by atoms with Gasteiger partial charge in [-0.3, -0.25) is 9.69 Å². The molecule has 4 heterocycles. The maximum atomic E-state index is 13.4. The Morgan fingerprint density at radius 1 is 1.44 bits per heavy atom. The van der Waals surface area contributed by atoms with Crippen molar-refractivity contribution in [3.05, 3.63) is 41.5 Å². The van der Waals surface area contributed by atoms with Crippen molar-refractivity contribution in [2.24, 2.45) is 11.3 Å². The highest BCUT2D eigenvalue weighted by Crippen LogP contribution is 2.72. The molecule has 1 aromatic carbocycles. The van der Waals surface area contributed by atoms with E-state index >= 15 is 0 Å². The molecule has 0 aromatic heterocycles. The quantitative estimate of drug-likeness (QED) is 0.537. The minimum atomic E-state index is -1.13. The monoisotopic (exact) mass is 370 g/mol. The average molecular weight is 370 g/mol. The third kappa shape index (κ3) is 1.55. The number of fused-ring (bicyclic) bond motifs is 3. The van der Waals surface area contributed by atoms with E-state index in [2.05, 4.69) is 10.2 Å². The molecule has 2 unspecified atom stereocenters. The molecular formula is C21H26N2O4. The van der Waals surface area contributed by atoms with Gasteiger partial charge in [-0.1, -0.05) is 29.8 Å². The number of hydrogen-bond acceptors (Lipinski definition) is 6. The number of carbonyl (C=O) groups is 1. The second kappa shape index (κ2) is 5.34. The first-order chi connectivity index (χ1) is 13.0. The van der Waals surface area contributed by atoms with Crippen molar-refractivity contribution in [1.82, 2.24) is 4.90 Å². The zero-order valence-corrected chi connectivity index (χ0v) is 15.7. The highest BCUT2D eigenvalue weighted by Gasteiger charge is 2.82. The van der Waals surface area contributed by atoms with Crippen LogP contribution in [0, 0.1) is 11.3 Å².